The first-order chi connectivity index (χ1) is 7.11. The van der Waals surface area contributed by atoms with Gasteiger partial charge in [-0.3, -0.25) is 4.79 Å². The standard InChI is InChI=1S/C10H16N4O/c1-7(8(2)11)10(15)12-6-9-4-3-5-13-14-9/h3-5,7-8H,6,11H2,1-2H3,(H,12,15). The highest BCUT2D eigenvalue weighted by molar-refractivity contribution is 5.78. The van der Waals surface area contributed by atoms with E-state index in [0.717, 1.165) is 5.69 Å². The van der Waals surface area contributed by atoms with E-state index in [1.54, 1.807) is 19.2 Å². The van der Waals surface area contributed by atoms with Gasteiger partial charge in [0.05, 0.1) is 12.2 Å². The normalized spacial score (nSPS) is 14.3. The largest absolute Gasteiger partial charge is 0.350 e. The van der Waals surface area contributed by atoms with Gasteiger partial charge in [-0.05, 0) is 19.1 Å². The molecule has 1 amide bonds. The average Bonchev–Trinajstić information content (AvgIpc) is 2.26. The van der Waals surface area contributed by atoms with Crippen LogP contribution in [0.2, 0.25) is 0 Å². The lowest BCUT2D eigenvalue weighted by Gasteiger charge is -2.14. The van der Waals surface area contributed by atoms with E-state index in [9.17, 15) is 4.79 Å². The van der Waals surface area contributed by atoms with Crippen molar-refractivity contribution in [1.29, 1.82) is 0 Å². The summed E-state index contributed by atoms with van der Waals surface area (Å²) in [5.41, 5.74) is 6.36. The van der Waals surface area contributed by atoms with Crippen molar-refractivity contribution in [3.8, 4) is 0 Å². The Balaban J connectivity index is 2.41. The minimum absolute atomic E-state index is 0.0596. The summed E-state index contributed by atoms with van der Waals surface area (Å²) < 4.78 is 0. The molecule has 0 aliphatic carbocycles. The fourth-order valence-electron chi connectivity index (χ4n) is 1.01. The molecule has 0 saturated heterocycles. The highest BCUT2D eigenvalue weighted by Crippen LogP contribution is 2.00. The molecule has 0 aliphatic heterocycles. The van der Waals surface area contributed by atoms with E-state index in [1.807, 2.05) is 13.0 Å². The molecule has 5 heteroatoms. The van der Waals surface area contributed by atoms with E-state index in [1.165, 1.54) is 0 Å². The van der Waals surface area contributed by atoms with Gasteiger partial charge in [0.15, 0.2) is 0 Å². The Morgan fingerprint density at radius 2 is 2.33 bits per heavy atom. The molecule has 0 bridgehead atoms. The molecule has 1 rings (SSSR count). The summed E-state index contributed by atoms with van der Waals surface area (Å²) in [6.07, 6.45) is 1.59. The topological polar surface area (TPSA) is 80.9 Å². The first-order valence-corrected chi connectivity index (χ1v) is 4.91. The lowest BCUT2D eigenvalue weighted by atomic mass is 10.0. The Morgan fingerprint density at radius 3 is 2.87 bits per heavy atom. The van der Waals surface area contributed by atoms with Crippen LogP contribution in [-0.2, 0) is 11.3 Å². The Morgan fingerprint density at radius 1 is 1.60 bits per heavy atom. The molecule has 1 heterocycles. The van der Waals surface area contributed by atoms with Gasteiger partial charge in [-0.15, -0.1) is 0 Å². The summed E-state index contributed by atoms with van der Waals surface area (Å²) in [7, 11) is 0. The molecule has 0 aliphatic rings. The monoisotopic (exact) mass is 208 g/mol. The van der Waals surface area contributed by atoms with Crippen molar-refractivity contribution in [2.45, 2.75) is 26.4 Å². The number of aromatic nitrogens is 2. The number of hydrogen-bond donors (Lipinski definition) is 2. The zero-order valence-corrected chi connectivity index (χ0v) is 8.97. The summed E-state index contributed by atoms with van der Waals surface area (Å²) in [4.78, 5) is 11.5. The Kier molecular flexibility index (Phi) is 4.17. The first-order valence-electron chi connectivity index (χ1n) is 4.91. The Bertz CT molecular complexity index is 312. The molecule has 1 aromatic heterocycles. The van der Waals surface area contributed by atoms with Gasteiger partial charge in [-0.2, -0.15) is 10.2 Å². The number of carbonyl (C=O) groups excluding carboxylic acids is 1. The molecule has 0 fully saturated rings. The SMILES string of the molecule is CC(N)C(C)C(=O)NCc1cccnn1. The third-order valence-corrected chi connectivity index (χ3v) is 2.27. The summed E-state index contributed by atoms with van der Waals surface area (Å²) in [5.74, 6) is -0.252. The number of amides is 1. The van der Waals surface area contributed by atoms with Crippen molar-refractivity contribution in [3.63, 3.8) is 0 Å². The van der Waals surface area contributed by atoms with Crippen LogP contribution < -0.4 is 11.1 Å². The van der Waals surface area contributed by atoms with Crippen molar-refractivity contribution >= 4 is 5.91 Å². The molecule has 5 nitrogen and oxygen atoms in total. The quantitative estimate of drug-likeness (QED) is 0.734. The second-order valence-electron chi connectivity index (χ2n) is 3.58. The van der Waals surface area contributed by atoms with Crippen LogP contribution >= 0.6 is 0 Å². The molecule has 1 aromatic rings. The van der Waals surface area contributed by atoms with Gasteiger partial charge in [-0.1, -0.05) is 6.92 Å². The third kappa shape index (κ3) is 3.63. The average molecular weight is 208 g/mol. The maximum Gasteiger partial charge on any atom is 0.224 e. The predicted molar refractivity (Wildman–Crippen MR) is 56.7 cm³/mol. The van der Waals surface area contributed by atoms with E-state index in [0.29, 0.717) is 6.54 Å². The van der Waals surface area contributed by atoms with Gasteiger partial charge in [0.1, 0.15) is 0 Å². The van der Waals surface area contributed by atoms with E-state index < -0.39 is 0 Å². The molecule has 0 saturated carbocycles. The smallest absolute Gasteiger partial charge is 0.224 e. The van der Waals surface area contributed by atoms with E-state index >= 15 is 0 Å². The van der Waals surface area contributed by atoms with Crippen LogP contribution in [0.15, 0.2) is 18.3 Å². The minimum Gasteiger partial charge on any atom is -0.350 e. The molecule has 0 radical (unpaired) electrons. The van der Waals surface area contributed by atoms with E-state index in [4.69, 9.17) is 5.73 Å². The molecule has 3 N–H and O–H groups in total. The number of carbonyl (C=O) groups is 1. The summed E-state index contributed by atoms with van der Waals surface area (Å²) in [6.45, 7) is 4.01. The van der Waals surface area contributed by atoms with Crippen LogP contribution in [-0.4, -0.2) is 22.1 Å². The van der Waals surface area contributed by atoms with Gasteiger partial charge < -0.3 is 11.1 Å². The van der Waals surface area contributed by atoms with Crippen LogP contribution in [0.4, 0.5) is 0 Å². The molecule has 2 atom stereocenters. The van der Waals surface area contributed by atoms with E-state index in [2.05, 4.69) is 15.5 Å². The van der Waals surface area contributed by atoms with Crippen molar-refractivity contribution in [2.24, 2.45) is 11.7 Å². The highest BCUT2D eigenvalue weighted by atomic mass is 16.1. The maximum absolute atomic E-state index is 11.5. The van der Waals surface area contributed by atoms with Crippen LogP contribution in [0.5, 0.6) is 0 Å². The van der Waals surface area contributed by atoms with Gasteiger partial charge in [0, 0.05) is 18.2 Å². The van der Waals surface area contributed by atoms with Crippen LogP contribution in [0.3, 0.4) is 0 Å². The fraction of sp³-hybridized carbons (Fsp3) is 0.500. The molecule has 82 valence electrons. The lowest BCUT2D eigenvalue weighted by Crippen LogP contribution is -2.38. The number of rotatable bonds is 4. The van der Waals surface area contributed by atoms with Crippen LogP contribution in [0.1, 0.15) is 19.5 Å². The van der Waals surface area contributed by atoms with Gasteiger partial charge in [0.25, 0.3) is 0 Å². The maximum atomic E-state index is 11.5. The predicted octanol–water partition coefficient (Wildman–Crippen LogP) is 0.0761. The lowest BCUT2D eigenvalue weighted by molar-refractivity contribution is -0.125. The minimum atomic E-state index is -0.193. The Hall–Kier alpha value is -1.49. The van der Waals surface area contributed by atoms with Gasteiger partial charge in [0.2, 0.25) is 5.91 Å². The van der Waals surface area contributed by atoms with Crippen molar-refractivity contribution in [1.82, 2.24) is 15.5 Å². The van der Waals surface area contributed by atoms with Crippen molar-refractivity contribution < 1.29 is 4.79 Å². The number of nitrogens with two attached hydrogens (primary N) is 1. The van der Waals surface area contributed by atoms with E-state index in [-0.39, 0.29) is 17.9 Å². The number of hydrogen-bond acceptors (Lipinski definition) is 4. The Labute approximate surface area is 89.1 Å². The van der Waals surface area contributed by atoms with Crippen molar-refractivity contribution in [2.75, 3.05) is 0 Å². The van der Waals surface area contributed by atoms with Crippen molar-refractivity contribution in [3.05, 3.63) is 24.0 Å². The van der Waals surface area contributed by atoms with Gasteiger partial charge >= 0.3 is 0 Å². The summed E-state index contributed by atoms with van der Waals surface area (Å²) >= 11 is 0. The first kappa shape index (κ1) is 11.6. The zero-order chi connectivity index (χ0) is 11.3. The van der Waals surface area contributed by atoms with Crippen LogP contribution in [0, 0.1) is 5.92 Å². The zero-order valence-electron chi connectivity index (χ0n) is 8.97. The highest BCUT2D eigenvalue weighted by Gasteiger charge is 2.16. The van der Waals surface area contributed by atoms with Gasteiger partial charge in [-0.25, -0.2) is 0 Å². The molecular weight excluding hydrogens is 192 g/mol. The second-order valence-corrected chi connectivity index (χ2v) is 3.58. The second kappa shape index (κ2) is 5.41. The third-order valence-electron chi connectivity index (χ3n) is 2.27. The molecule has 0 spiro atoms. The molecule has 15 heavy (non-hydrogen) atoms. The number of nitrogens with one attached hydrogen (secondary N) is 1. The molecule has 0 aromatic carbocycles. The number of nitrogens with zero attached hydrogens (tertiary/aromatic N) is 2. The fourth-order valence-corrected chi connectivity index (χ4v) is 1.01. The van der Waals surface area contributed by atoms with Crippen LogP contribution in [0.25, 0.3) is 0 Å². The summed E-state index contributed by atoms with van der Waals surface area (Å²) in [6, 6.07) is 3.44. The molecule has 2 unspecified atom stereocenters. The molecular formula is C10H16N4O. The summed E-state index contributed by atoms with van der Waals surface area (Å²) in [5, 5.41) is 10.3.